The zero-order chi connectivity index (χ0) is 17.6. The summed E-state index contributed by atoms with van der Waals surface area (Å²) in [5.41, 5.74) is 2.23. The quantitative estimate of drug-likeness (QED) is 0.717. The van der Waals surface area contributed by atoms with Crippen molar-refractivity contribution in [3.8, 4) is 0 Å². The Labute approximate surface area is 145 Å². The normalized spacial score (nSPS) is 10.2. The van der Waals surface area contributed by atoms with E-state index in [4.69, 9.17) is 0 Å². The molecule has 2 aromatic carbocycles. The van der Waals surface area contributed by atoms with Gasteiger partial charge in [-0.3, -0.25) is 0 Å². The molecule has 3 aromatic rings. The van der Waals surface area contributed by atoms with Gasteiger partial charge in [0.25, 0.3) is 5.95 Å². The second-order valence-corrected chi connectivity index (χ2v) is 5.23. The van der Waals surface area contributed by atoms with Crippen molar-refractivity contribution in [2.45, 2.75) is 0 Å². The van der Waals surface area contributed by atoms with Gasteiger partial charge in [0.15, 0.2) is 5.82 Å². The third-order valence-corrected chi connectivity index (χ3v) is 3.57. The maximum atomic E-state index is 11.5. The van der Waals surface area contributed by atoms with Crippen molar-refractivity contribution in [2.24, 2.45) is 0 Å². The monoisotopic (exact) mass is 335 g/mol. The summed E-state index contributed by atoms with van der Waals surface area (Å²) in [5.74, 6) is 0.656. The van der Waals surface area contributed by atoms with Crippen molar-refractivity contribution in [1.82, 2.24) is 15.2 Å². The number of anilines is 4. The van der Waals surface area contributed by atoms with Crippen LogP contribution in [0.3, 0.4) is 0 Å². The Kier molecular flexibility index (Phi) is 4.84. The number of rotatable bonds is 5. The van der Waals surface area contributed by atoms with E-state index in [9.17, 15) is 4.79 Å². The minimum absolute atomic E-state index is 0.373. The van der Waals surface area contributed by atoms with E-state index in [0.717, 1.165) is 11.4 Å². The predicted octanol–water partition coefficient (Wildman–Crippen LogP) is 3.17. The number of aromatic nitrogens is 3. The highest BCUT2D eigenvalue weighted by atomic mass is 16.5. The largest absolute Gasteiger partial charge is 0.465 e. The number of carbonyl (C=O) groups excluding carboxylic acids is 1. The zero-order valence-corrected chi connectivity index (χ0v) is 13.9. The summed E-state index contributed by atoms with van der Waals surface area (Å²) in [6.45, 7) is 0. The van der Waals surface area contributed by atoms with Gasteiger partial charge in [-0.15, -0.1) is 5.10 Å². The number of hydrogen-bond acceptors (Lipinski definition) is 7. The van der Waals surface area contributed by atoms with Gasteiger partial charge in [-0.05, 0) is 36.4 Å². The molecule has 0 spiro atoms. The molecule has 0 aliphatic carbocycles. The Morgan fingerprint density at radius 2 is 1.80 bits per heavy atom. The minimum atomic E-state index is -0.373. The Morgan fingerprint density at radius 3 is 2.48 bits per heavy atom. The van der Waals surface area contributed by atoms with E-state index in [1.807, 2.05) is 42.3 Å². The van der Waals surface area contributed by atoms with Crippen molar-refractivity contribution in [3.05, 3.63) is 66.4 Å². The van der Waals surface area contributed by atoms with Crippen LogP contribution < -0.4 is 10.2 Å². The number of ether oxygens (including phenoxy) is 1. The molecule has 25 heavy (non-hydrogen) atoms. The molecular formula is C18H17N5O2. The van der Waals surface area contributed by atoms with Gasteiger partial charge in [0, 0.05) is 18.4 Å². The predicted molar refractivity (Wildman–Crippen MR) is 95.4 cm³/mol. The Bertz CT molecular complexity index is 853. The van der Waals surface area contributed by atoms with E-state index in [0.29, 0.717) is 17.3 Å². The van der Waals surface area contributed by atoms with Crippen LogP contribution in [0.25, 0.3) is 0 Å². The standard InChI is InChI=1S/C18H17N5O2/c1-23(15-6-4-3-5-7-15)18-21-16(12-19-22-18)20-14-10-8-13(9-11-14)17(24)25-2/h3-12H,1-2H3,(H,20,21,22). The Hall–Kier alpha value is -3.48. The number of methoxy groups -OCH3 is 1. The second-order valence-electron chi connectivity index (χ2n) is 5.23. The first-order valence-corrected chi connectivity index (χ1v) is 7.61. The van der Waals surface area contributed by atoms with E-state index < -0.39 is 0 Å². The first-order valence-electron chi connectivity index (χ1n) is 7.61. The molecule has 0 fully saturated rings. The van der Waals surface area contributed by atoms with Crippen LogP contribution in [0.1, 0.15) is 10.4 Å². The van der Waals surface area contributed by atoms with Crippen LogP contribution in [0.4, 0.5) is 23.1 Å². The van der Waals surface area contributed by atoms with Crippen LogP contribution in [0.2, 0.25) is 0 Å². The number of para-hydroxylation sites is 1. The third-order valence-electron chi connectivity index (χ3n) is 3.57. The molecule has 0 saturated heterocycles. The molecule has 7 nitrogen and oxygen atoms in total. The molecule has 1 N–H and O–H groups in total. The lowest BCUT2D eigenvalue weighted by Gasteiger charge is -2.17. The van der Waals surface area contributed by atoms with Crippen LogP contribution in [0.5, 0.6) is 0 Å². The first-order chi connectivity index (χ1) is 12.2. The summed E-state index contributed by atoms with van der Waals surface area (Å²) in [5, 5.41) is 11.2. The van der Waals surface area contributed by atoms with Gasteiger partial charge in [0.1, 0.15) is 0 Å². The highest BCUT2D eigenvalue weighted by Gasteiger charge is 2.09. The lowest BCUT2D eigenvalue weighted by molar-refractivity contribution is 0.0601. The van der Waals surface area contributed by atoms with Crippen molar-refractivity contribution in [2.75, 3.05) is 24.4 Å². The van der Waals surface area contributed by atoms with Gasteiger partial charge in [-0.1, -0.05) is 18.2 Å². The zero-order valence-electron chi connectivity index (χ0n) is 13.9. The highest BCUT2D eigenvalue weighted by molar-refractivity contribution is 5.89. The molecule has 0 aliphatic rings. The van der Waals surface area contributed by atoms with Crippen LogP contribution in [0, 0.1) is 0 Å². The molecule has 3 rings (SSSR count). The van der Waals surface area contributed by atoms with Gasteiger partial charge in [-0.2, -0.15) is 10.1 Å². The number of nitrogens with zero attached hydrogens (tertiary/aromatic N) is 4. The number of nitrogens with one attached hydrogen (secondary N) is 1. The summed E-state index contributed by atoms with van der Waals surface area (Å²) < 4.78 is 4.68. The number of esters is 1. The molecule has 0 aliphatic heterocycles. The average molecular weight is 335 g/mol. The SMILES string of the molecule is COC(=O)c1ccc(Nc2cnnc(N(C)c3ccccc3)n2)cc1. The van der Waals surface area contributed by atoms with E-state index in [-0.39, 0.29) is 5.97 Å². The fourth-order valence-electron chi connectivity index (χ4n) is 2.22. The van der Waals surface area contributed by atoms with E-state index >= 15 is 0 Å². The van der Waals surface area contributed by atoms with Crippen LogP contribution >= 0.6 is 0 Å². The molecule has 0 saturated carbocycles. The summed E-state index contributed by atoms with van der Waals surface area (Å²) in [6.07, 6.45) is 1.54. The summed E-state index contributed by atoms with van der Waals surface area (Å²) >= 11 is 0. The first kappa shape index (κ1) is 16.4. The Morgan fingerprint density at radius 1 is 1.08 bits per heavy atom. The van der Waals surface area contributed by atoms with E-state index in [2.05, 4.69) is 25.2 Å². The van der Waals surface area contributed by atoms with Gasteiger partial charge in [0.2, 0.25) is 0 Å². The lowest BCUT2D eigenvalue weighted by atomic mass is 10.2. The van der Waals surface area contributed by atoms with Gasteiger partial charge in [-0.25, -0.2) is 4.79 Å². The molecule has 0 unspecified atom stereocenters. The van der Waals surface area contributed by atoms with Crippen LogP contribution in [0.15, 0.2) is 60.8 Å². The summed E-state index contributed by atoms with van der Waals surface area (Å²) in [4.78, 5) is 17.8. The van der Waals surface area contributed by atoms with Crippen molar-refractivity contribution in [3.63, 3.8) is 0 Å². The third kappa shape index (κ3) is 3.89. The molecule has 0 atom stereocenters. The van der Waals surface area contributed by atoms with E-state index in [1.54, 1.807) is 24.3 Å². The second kappa shape index (κ2) is 7.39. The average Bonchev–Trinajstić information content (AvgIpc) is 2.68. The van der Waals surface area contributed by atoms with Crippen molar-refractivity contribution < 1.29 is 9.53 Å². The van der Waals surface area contributed by atoms with Crippen molar-refractivity contribution in [1.29, 1.82) is 0 Å². The Balaban J connectivity index is 1.77. The van der Waals surface area contributed by atoms with Gasteiger partial charge in [0.05, 0.1) is 18.9 Å². The maximum Gasteiger partial charge on any atom is 0.337 e. The number of hydrogen-bond donors (Lipinski definition) is 1. The van der Waals surface area contributed by atoms with Crippen LogP contribution in [-0.2, 0) is 4.74 Å². The molecular weight excluding hydrogens is 318 g/mol. The molecule has 0 amide bonds. The topological polar surface area (TPSA) is 80.2 Å². The minimum Gasteiger partial charge on any atom is -0.465 e. The fraction of sp³-hybridized carbons (Fsp3) is 0.111. The summed E-state index contributed by atoms with van der Waals surface area (Å²) in [7, 11) is 3.23. The summed E-state index contributed by atoms with van der Waals surface area (Å²) in [6, 6.07) is 16.7. The molecule has 126 valence electrons. The van der Waals surface area contributed by atoms with Gasteiger partial charge >= 0.3 is 5.97 Å². The van der Waals surface area contributed by atoms with E-state index in [1.165, 1.54) is 13.3 Å². The smallest absolute Gasteiger partial charge is 0.337 e. The molecule has 0 bridgehead atoms. The number of benzene rings is 2. The number of carbonyl (C=O) groups is 1. The molecule has 7 heteroatoms. The fourth-order valence-corrected chi connectivity index (χ4v) is 2.22. The van der Waals surface area contributed by atoms with Gasteiger partial charge < -0.3 is 15.0 Å². The lowest BCUT2D eigenvalue weighted by Crippen LogP contribution is -2.14. The van der Waals surface area contributed by atoms with Crippen molar-refractivity contribution >= 4 is 29.1 Å². The molecule has 1 aromatic heterocycles. The molecule has 0 radical (unpaired) electrons. The van der Waals surface area contributed by atoms with Crippen LogP contribution in [-0.4, -0.2) is 35.3 Å². The maximum absolute atomic E-state index is 11.5. The molecule has 1 heterocycles. The highest BCUT2D eigenvalue weighted by Crippen LogP contribution is 2.21.